The molecule has 1 aromatic rings. The van der Waals surface area contributed by atoms with E-state index in [0.29, 0.717) is 11.8 Å². The molecule has 4 rings (SSSR count). The van der Waals surface area contributed by atoms with Gasteiger partial charge in [0, 0.05) is 19.6 Å². The van der Waals surface area contributed by atoms with Crippen LogP contribution in [0.15, 0.2) is 30.3 Å². The fraction of sp³-hybridized carbons (Fsp3) is 0.741. The molecule has 1 aromatic carbocycles. The molecule has 3 aliphatic rings. The van der Waals surface area contributed by atoms with Gasteiger partial charge in [-0.1, -0.05) is 57.0 Å². The summed E-state index contributed by atoms with van der Waals surface area (Å²) < 4.78 is 0. The zero-order chi connectivity index (χ0) is 21.0. The molecule has 3 nitrogen and oxygen atoms in total. The maximum atomic E-state index is 14.2. The predicted octanol–water partition coefficient (Wildman–Crippen LogP) is 5.54. The lowest BCUT2D eigenvalue weighted by atomic mass is 9.49. The third-order valence-electron chi connectivity index (χ3n) is 8.40. The predicted molar refractivity (Wildman–Crippen MR) is 125 cm³/mol. The van der Waals surface area contributed by atoms with E-state index in [2.05, 4.69) is 54.4 Å². The Hall–Kier alpha value is -1.35. The highest BCUT2D eigenvalue weighted by Gasteiger charge is 2.55. The van der Waals surface area contributed by atoms with Crippen LogP contribution < -0.4 is 5.32 Å². The first-order valence-electron chi connectivity index (χ1n) is 12.6. The first-order chi connectivity index (χ1) is 14.6. The van der Waals surface area contributed by atoms with Gasteiger partial charge in [-0.05, 0) is 80.7 Å². The van der Waals surface area contributed by atoms with Crippen molar-refractivity contribution in [3.05, 3.63) is 35.9 Å². The number of carbonyl (C=O) groups is 1. The molecule has 1 aliphatic heterocycles. The molecule has 0 aromatic heterocycles. The van der Waals surface area contributed by atoms with Crippen molar-refractivity contribution in [2.24, 2.45) is 17.3 Å². The zero-order valence-electron chi connectivity index (χ0n) is 19.3. The summed E-state index contributed by atoms with van der Waals surface area (Å²) in [7, 11) is 0. The number of nitrogens with zero attached hydrogens (tertiary/aromatic N) is 1. The molecule has 30 heavy (non-hydrogen) atoms. The minimum atomic E-state index is -0.178. The van der Waals surface area contributed by atoms with Gasteiger partial charge in [0.05, 0.1) is 5.41 Å². The third-order valence-corrected chi connectivity index (χ3v) is 8.40. The summed E-state index contributed by atoms with van der Waals surface area (Å²) in [5, 5.41) is 3.56. The highest BCUT2D eigenvalue weighted by molar-refractivity contribution is 5.83. The van der Waals surface area contributed by atoms with E-state index in [4.69, 9.17) is 0 Å². The van der Waals surface area contributed by atoms with Crippen LogP contribution in [0.25, 0.3) is 0 Å². The van der Waals surface area contributed by atoms with E-state index in [0.717, 1.165) is 57.8 Å². The number of rotatable bonds is 3. The summed E-state index contributed by atoms with van der Waals surface area (Å²) in [6, 6.07) is 11.2. The number of carbonyl (C=O) groups excluding carboxylic acids is 1. The van der Waals surface area contributed by atoms with Crippen molar-refractivity contribution in [1.29, 1.82) is 0 Å². The van der Waals surface area contributed by atoms with Gasteiger partial charge in [0.15, 0.2) is 0 Å². The Morgan fingerprint density at radius 1 is 1.03 bits per heavy atom. The van der Waals surface area contributed by atoms with Gasteiger partial charge in [-0.3, -0.25) is 4.79 Å². The molecule has 1 amide bonds. The minimum absolute atomic E-state index is 0.178. The average molecular weight is 411 g/mol. The normalized spacial score (nSPS) is 35.6. The highest BCUT2D eigenvalue weighted by atomic mass is 16.2. The van der Waals surface area contributed by atoms with E-state index in [1.54, 1.807) is 0 Å². The van der Waals surface area contributed by atoms with Gasteiger partial charge in [-0.25, -0.2) is 0 Å². The van der Waals surface area contributed by atoms with Crippen molar-refractivity contribution in [3.8, 4) is 0 Å². The van der Waals surface area contributed by atoms with Crippen molar-refractivity contribution in [2.75, 3.05) is 26.2 Å². The average Bonchev–Trinajstić information content (AvgIpc) is 2.76. The molecule has 166 valence electrons. The summed E-state index contributed by atoms with van der Waals surface area (Å²) in [6.07, 6.45) is 11.9. The number of fused-ring (bicyclic) bond motifs is 2. The monoisotopic (exact) mass is 410 g/mol. The fourth-order valence-electron chi connectivity index (χ4n) is 7.22. The maximum Gasteiger partial charge on any atom is 0.228 e. The van der Waals surface area contributed by atoms with E-state index in [1.165, 1.54) is 44.1 Å². The van der Waals surface area contributed by atoms with E-state index in [1.807, 2.05) is 0 Å². The van der Waals surface area contributed by atoms with Gasteiger partial charge in [0.2, 0.25) is 5.91 Å². The molecule has 2 aliphatic carbocycles. The van der Waals surface area contributed by atoms with Crippen molar-refractivity contribution < 1.29 is 4.79 Å². The molecule has 1 N–H and O–H groups in total. The van der Waals surface area contributed by atoms with Crippen LogP contribution in [-0.2, 0) is 10.2 Å². The van der Waals surface area contributed by atoms with Crippen molar-refractivity contribution >= 4 is 5.91 Å². The first kappa shape index (κ1) is 21.9. The summed E-state index contributed by atoms with van der Waals surface area (Å²) >= 11 is 0. The summed E-state index contributed by atoms with van der Waals surface area (Å²) in [5.74, 6) is 1.91. The van der Waals surface area contributed by atoms with Crippen LogP contribution in [0.5, 0.6) is 0 Å². The maximum absolute atomic E-state index is 14.2. The van der Waals surface area contributed by atoms with E-state index in [9.17, 15) is 4.79 Å². The molecular weight excluding hydrogens is 368 g/mol. The summed E-state index contributed by atoms with van der Waals surface area (Å²) in [6.45, 7) is 8.57. The second-order valence-corrected chi connectivity index (χ2v) is 10.7. The lowest BCUT2D eigenvalue weighted by Crippen LogP contribution is -2.55. The zero-order valence-corrected chi connectivity index (χ0v) is 19.3. The number of nitrogens with one attached hydrogen (secondary N) is 1. The SMILES string of the molecule is CCC1(C(=O)N2CCCCCCNCC2)CC2CC(C)CC(c3ccccc3)(C2)C1. The molecule has 3 fully saturated rings. The van der Waals surface area contributed by atoms with Crippen LogP contribution >= 0.6 is 0 Å². The molecule has 1 heterocycles. The van der Waals surface area contributed by atoms with Crippen LogP contribution in [0.1, 0.15) is 83.6 Å². The van der Waals surface area contributed by atoms with Gasteiger partial charge in [-0.15, -0.1) is 0 Å². The summed E-state index contributed by atoms with van der Waals surface area (Å²) in [4.78, 5) is 16.4. The van der Waals surface area contributed by atoms with Gasteiger partial charge >= 0.3 is 0 Å². The first-order valence-corrected chi connectivity index (χ1v) is 12.6. The van der Waals surface area contributed by atoms with Crippen LogP contribution in [-0.4, -0.2) is 37.0 Å². The largest absolute Gasteiger partial charge is 0.341 e. The van der Waals surface area contributed by atoms with Gasteiger partial charge < -0.3 is 10.2 Å². The molecule has 2 bridgehead atoms. The number of hydrogen-bond acceptors (Lipinski definition) is 2. The van der Waals surface area contributed by atoms with Crippen LogP contribution in [0.2, 0.25) is 0 Å². The lowest BCUT2D eigenvalue weighted by Gasteiger charge is -2.56. The van der Waals surface area contributed by atoms with Crippen molar-refractivity contribution in [1.82, 2.24) is 10.2 Å². The smallest absolute Gasteiger partial charge is 0.228 e. The molecular formula is C27H42N2O. The summed E-state index contributed by atoms with van der Waals surface area (Å²) in [5.41, 5.74) is 1.49. The Bertz CT molecular complexity index is 690. The quantitative estimate of drug-likeness (QED) is 0.709. The number of amides is 1. The Labute approximate surface area is 184 Å². The van der Waals surface area contributed by atoms with Crippen molar-refractivity contribution in [2.45, 2.75) is 83.5 Å². The van der Waals surface area contributed by atoms with Crippen LogP contribution in [0.3, 0.4) is 0 Å². The second-order valence-electron chi connectivity index (χ2n) is 10.7. The van der Waals surface area contributed by atoms with Gasteiger partial charge in [-0.2, -0.15) is 0 Å². The van der Waals surface area contributed by atoms with E-state index in [-0.39, 0.29) is 10.8 Å². The molecule has 0 spiro atoms. The number of hydrogen-bond donors (Lipinski definition) is 1. The minimum Gasteiger partial charge on any atom is -0.341 e. The van der Waals surface area contributed by atoms with Gasteiger partial charge in [0.25, 0.3) is 0 Å². The number of benzene rings is 1. The van der Waals surface area contributed by atoms with Crippen LogP contribution in [0, 0.1) is 17.3 Å². The Morgan fingerprint density at radius 3 is 2.63 bits per heavy atom. The second kappa shape index (κ2) is 9.42. The molecule has 3 heteroatoms. The molecule has 0 radical (unpaired) electrons. The molecule has 4 unspecified atom stereocenters. The Morgan fingerprint density at radius 2 is 1.83 bits per heavy atom. The topological polar surface area (TPSA) is 32.3 Å². The lowest BCUT2D eigenvalue weighted by molar-refractivity contribution is -0.150. The molecule has 2 saturated carbocycles. The fourth-order valence-corrected chi connectivity index (χ4v) is 7.22. The van der Waals surface area contributed by atoms with Gasteiger partial charge in [0.1, 0.15) is 0 Å². The molecule has 4 atom stereocenters. The Balaban J connectivity index is 1.62. The third kappa shape index (κ3) is 4.47. The Kier molecular flexibility index (Phi) is 6.87. The van der Waals surface area contributed by atoms with Crippen LogP contribution in [0.4, 0.5) is 0 Å². The highest BCUT2D eigenvalue weighted by Crippen LogP contribution is 2.59. The molecule has 1 saturated heterocycles. The van der Waals surface area contributed by atoms with Crippen molar-refractivity contribution in [3.63, 3.8) is 0 Å². The standard InChI is InChI=1S/C27H42N2O/c1-3-26(25(30)29-15-10-5-4-9-13-28-14-16-29)19-23-17-22(2)18-27(20-23,21-26)24-11-7-6-8-12-24/h6-8,11-12,22-23,28H,3-5,9-10,13-21H2,1-2H3. The van der Waals surface area contributed by atoms with E-state index < -0.39 is 0 Å². The van der Waals surface area contributed by atoms with E-state index >= 15 is 0 Å².